The predicted octanol–water partition coefficient (Wildman–Crippen LogP) is 1.67. The number of allylic oxidation sites excluding steroid dienone is 2. The highest BCUT2D eigenvalue weighted by atomic mass is 16.6. The van der Waals surface area contributed by atoms with E-state index in [1.165, 1.54) is 12.1 Å². The van der Waals surface area contributed by atoms with Crippen molar-refractivity contribution in [2.24, 2.45) is 0 Å². The Morgan fingerprint density at radius 2 is 1.88 bits per heavy atom. The van der Waals surface area contributed by atoms with Crippen LogP contribution in [0.15, 0.2) is 29.5 Å². The number of hydrogen-bond donors (Lipinski definition) is 1. The van der Waals surface area contributed by atoms with Gasteiger partial charge in [0, 0.05) is 24.8 Å². The van der Waals surface area contributed by atoms with E-state index in [1.807, 2.05) is 4.90 Å². The first-order chi connectivity index (χ1) is 11.6. The first-order valence-electron chi connectivity index (χ1n) is 6.93. The van der Waals surface area contributed by atoms with Crippen LogP contribution >= 0.6 is 0 Å². The van der Waals surface area contributed by atoms with E-state index in [1.54, 1.807) is 24.3 Å². The quantitative estimate of drug-likeness (QED) is 0.501. The lowest BCUT2D eigenvalue weighted by atomic mass is 10.2. The van der Waals surface area contributed by atoms with Crippen molar-refractivity contribution in [1.29, 1.82) is 15.8 Å². The van der Waals surface area contributed by atoms with Crippen LogP contribution in [0.2, 0.25) is 0 Å². The summed E-state index contributed by atoms with van der Waals surface area (Å²) in [5, 5.41) is 40.6. The van der Waals surface area contributed by atoms with Crippen LogP contribution in [0.4, 0.5) is 17.1 Å². The van der Waals surface area contributed by atoms with E-state index >= 15 is 0 Å². The van der Waals surface area contributed by atoms with Crippen LogP contribution in [-0.4, -0.2) is 31.2 Å². The van der Waals surface area contributed by atoms with E-state index in [2.05, 4.69) is 5.32 Å². The first kappa shape index (κ1) is 16.8. The molecule has 1 aliphatic heterocycles. The minimum Gasteiger partial charge on any atom is -0.378 e. The molecule has 0 spiro atoms. The van der Waals surface area contributed by atoms with Gasteiger partial charge in [0.15, 0.2) is 5.57 Å². The van der Waals surface area contributed by atoms with Crippen LogP contribution in [0, 0.1) is 44.1 Å². The molecular weight excluding hydrogens is 312 g/mol. The van der Waals surface area contributed by atoms with Gasteiger partial charge in [0.1, 0.15) is 29.6 Å². The molecule has 1 saturated heterocycles. The Morgan fingerprint density at radius 1 is 1.21 bits per heavy atom. The van der Waals surface area contributed by atoms with Crippen molar-refractivity contribution >= 4 is 17.1 Å². The molecule has 120 valence electrons. The predicted molar refractivity (Wildman–Crippen MR) is 83.6 cm³/mol. The molecular formula is C15H12N6O3. The molecule has 1 aliphatic rings. The van der Waals surface area contributed by atoms with Crippen molar-refractivity contribution < 1.29 is 9.66 Å². The highest BCUT2D eigenvalue weighted by Gasteiger charge is 2.20. The Morgan fingerprint density at radius 3 is 2.42 bits per heavy atom. The molecule has 2 rings (SSSR count). The molecule has 0 saturated carbocycles. The molecule has 0 amide bonds. The summed E-state index contributed by atoms with van der Waals surface area (Å²) in [4.78, 5) is 12.6. The van der Waals surface area contributed by atoms with E-state index in [-0.39, 0.29) is 17.1 Å². The SMILES string of the molecule is N#CC(C#N)=C(C#N)Nc1cc(N2CCOCC2)ccc1[N+](=O)[O-]. The normalized spacial score (nSPS) is 13.1. The summed E-state index contributed by atoms with van der Waals surface area (Å²) < 4.78 is 5.27. The molecule has 1 fully saturated rings. The standard InChI is InChI=1S/C15H12N6O3/c16-8-11(9-17)14(10-18)19-13-7-12(1-2-15(13)21(22)23)20-3-5-24-6-4-20/h1-2,7,19H,3-6H2. The van der Waals surface area contributed by atoms with Gasteiger partial charge in [-0.05, 0) is 12.1 Å². The van der Waals surface area contributed by atoms with E-state index in [9.17, 15) is 10.1 Å². The molecule has 1 N–H and O–H groups in total. The van der Waals surface area contributed by atoms with E-state index in [0.717, 1.165) is 5.69 Å². The summed E-state index contributed by atoms with van der Waals surface area (Å²) in [6.45, 7) is 2.38. The summed E-state index contributed by atoms with van der Waals surface area (Å²) in [7, 11) is 0. The fraction of sp³-hybridized carbons (Fsp3) is 0.267. The number of benzene rings is 1. The number of nitro groups is 1. The van der Waals surface area contributed by atoms with Gasteiger partial charge < -0.3 is 15.0 Å². The highest BCUT2D eigenvalue weighted by Crippen LogP contribution is 2.31. The van der Waals surface area contributed by atoms with Gasteiger partial charge in [-0.15, -0.1) is 0 Å². The third-order valence-corrected chi connectivity index (χ3v) is 3.40. The maximum absolute atomic E-state index is 11.2. The van der Waals surface area contributed by atoms with Crippen LogP contribution in [0.1, 0.15) is 0 Å². The maximum atomic E-state index is 11.2. The Balaban J connectivity index is 2.44. The number of anilines is 2. The number of nitriles is 3. The smallest absolute Gasteiger partial charge is 0.292 e. The second kappa shape index (κ2) is 7.59. The zero-order valence-electron chi connectivity index (χ0n) is 12.5. The molecule has 1 aromatic rings. The van der Waals surface area contributed by atoms with Crippen molar-refractivity contribution in [3.05, 3.63) is 39.6 Å². The highest BCUT2D eigenvalue weighted by molar-refractivity contribution is 5.73. The molecule has 24 heavy (non-hydrogen) atoms. The van der Waals surface area contributed by atoms with Gasteiger partial charge >= 0.3 is 0 Å². The molecule has 0 radical (unpaired) electrons. The molecule has 9 heteroatoms. The average Bonchev–Trinajstić information content (AvgIpc) is 2.62. The monoisotopic (exact) mass is 324 g/mol. The molecule has 0 atom stereocenters. The van der Waals surface area contributed by atoms with Crippen molar-refractivity contribution in [2.45, 2.75) is 0 Å². The molecule has 0 unspecified atom stereocenters. The second-order valence-electron chi connectivity index (χ2n) is 4.77. The zero-order chi connectivity index (χ0) is 17.5. The van der Waals surface area contributed by atoms with Crippen LogP contribution < -0.4 is 10.2 Å². The second-order valence-corrected chi connectivity index (χ2v) is 4.77. The maximum Gasteiger partial charge on any atom is 0.292 e. The van der Waals surface area contributed by atoms with E-state index < -0.39 is 10.5 Å². The van der Waals surface area contributed by atoms with Crippen LogP contribution in [0.5, 0.6) is 0 Å². The van der Waals surface area contributed by atoms with Gasteiger partial charge in [-0.2, -0.15) is 15.8 Å². The molecule has 0 aromatic heterocycles. The fourth-order valence-corrected chi connectivity index (χ4v) is 2.22. The van der Waals surface area contributed by atoms with Gasteiger partial charge in [-0.3, -0.25) is 10.1 Å². The van der Waals surface area contributed by atoms with Gasteiger partial charge in [-0.1, -0.05) is 0 Å². The number of nitrogens with zero attached hydrogens (tertiary/aromatic N) is 5. The lowest BCUT2D eigenvalue weighted by Crippen LogP contribution is -2.36. The van der Waals surface area contributed by atoms with Crippen molar-refractivity contribution in [2.75, 3.05) is 36.5 Å². The zero-order valence-corrected chi connectivity index (χ0v) is 12.5. The topological polar surface area (TPSA) is 139 Å². The number of nitrogens with one attached hydrogen (secondary N) is 1. The van der Waals surface area contributed by atoms with E-state index in [0.29, 0.717) is 26.3 Å². The minimum absolute atomic E-state index is 0.0449. The summed E-state index contributed by atoms with van der Waals surface area (Å²) in [6, 6.07) is 9.31. The van der Waals surface area contributed by atoms with Crippen molar-refractivity contribution in [1.82, 2.24) is 0 Å². The fourth-order valence-electron chi connectivity index (χ4n) is 2.22. The van der Waals surface area contributed by atoms with Gasteiger partial charge in [0.25, 0.3) is 5.69 Å². The molecule has 9 nitrogen and oxygen atoms in total. The van der Waals surface area contributed by atoms with Crippen molar-refractivity contribution in [3.8, 4) is 18.2 Å². The number of hydrogen-bond acceptors (Lipinski definition) is 8. The Hall–Kier alpha value is -3.61. The summed E-state index contributed by atoms with van der Waals surface area (Å²) in [5.74, 6) is 0. The molecule has 0 bridgehead atoms. The van der Waals surface area contributed by atoms with Gasteiger partial charge in [0.05, 0.1) is 18.1 Å². The summed E-state index contributed by atoms with van der Waals surface area (Å²) in [6.07, 6.45) is 0. The van der Waals surface area contributed by atoms with Gasteiger partial charge in [0.2, 0.25) is 0 Å². The van der Waals surface area contributed by atoms with Crippen molar-refractivity contribution in [3.63, 3.8) is 0 Å². The molecule has 1 aromatic carbocycles. The van der Waals surface area contributed by atoms with E-state index in [4.69, 9.17) is 20.5 Å². The number of morpholine rings is 1. The Kier molecular flexibility index (Phi) is 5.30. The Labute approximate surface area is 137 Å². The lowest BCUT2D eigenvalue weighted by Gasteiger charge is -2.29. The van der Waals surface area contributed by atoms with Crippen LogP contribution in [0.25, 0.3) is 0 Å². The first-order valence-corrected chi connectivity index (χ1v) is 6.93. The number of ether oxygens (including phenoxy) is 1. The Bertz CT molecular complexity index is 790. The average molecular weight is 324 g/mol. The molecule has 0 aliphatic carbocycles. The number of nitro benzene ring substituents is 1. The third-order valence-electron chi connectivity index (χ3n) is 3.40. The summed E-state index contributed by atoms with van der Waals surface area (Å²) in [5.41, 5.74) is -0.261. The van der Waals surface area contributed by atoms with Gasteiger partial charge in [-0.25, -0.2) is 0 Å². The largest absolute Gasteiger partial charge is 0.378 e. The molecule has 1 heterocycles. The van der Waals surface area contributed by atoms with Crippen LogP contribution in [0.3, 0.4) is 0 Å². The van der Waals surface area contributed by atoms with Crippen LogP contribution in [-0.2, 0) is 4.74 Å². The lowest BCUT2D eigenvalue weighted by molar-refractivity contribution is -0.383. The summed E-state index contributed by atoms with van der Waals surface area (Å²) >= 11 is 0. The minimum atomic E-state index is -0.598. The third kappa shape index (κ3) is 3.58. The number of rotatable bonds is 4.